The summed E-state index contributed by atoms with van der Waals surface area (Å²) < 4.78 is 10.8. The number of imide groups is 2. The SMILES string of the molecule is COc1cccc(/C=C2\C(=O)NC(=O)N(c3cc(C)cc(C)c3)C2=O)c1O[C@@H](C)C(=O)O. The molecule has 166 valence electrons. The number of carboxylic acid groups (broad SMARTS) is 1. The molecule has 2 aromatic rings. The Morgan fingerprint density at radius 2 is 1.78 bits per heavy atom. The van der Waals surface area contributed by atoms with Crippen molar-refractivity contribution in [1.82, 2.24) is 5.32 Å². The van der Waals surface area contributed by atoms with Gasteiger partial charge in [-0.05, 0) is 56.2 Å². The fourth-order valence-corrected chi connectivity index (χ4v) is 3.29. The number of aryl methyl sites for hydroxylation is 2. The zero-order valence-electron chi connectivity index (χ0n) is 18.0. The molecule has 9 nitrogen and oxygen atoms in total. The van der Waals surface area contributed by atoms with Crippen LogP contribution >= 0.6 is 0 Å². The van der Waals surface area contributed by atoms with Gasteiger partial charge < -0.3 is 14.6 Å². The van der Waals surface area contributed by atoms with Crippen molar-refractivity contribution >= 4 is 35.6 Å². The van der Waals surface area contributed by atoms with Crippen LogP contribution in [0.1, 0.15) is 23.6 Å². The van der Waals surface area contributed by atoms with Gasteiger partial charge in [-0.3, -0.25) is 14.9 Å². The van der Waals surface area contributed by atoms with E-state index in [9.17, 15) is 24.3 Å². The second-order valence-electron chi connectivity index (χ2n) is 7.28. The summed E-state index contributed by atoms with van der Waals surface area (Å²) in [5.74, 6) is -2.62. The number of urea groups is 1. The van der Waals surface area contributed by atoms with Crippen molar-refractivity contribution < 1.29 is 33.8 Å². The van der Waals surface area contributed by atoms with E-state index in [0.29, 0.717) is 5.69 Å². The van der Waals surface area contributed by atoms with Gasteiger partial charge in [-0.1, -0.05) is 18.2 Å². The van der Waals surface area contributed by atoms with Crippen molar-refractivity contribution in [2.75, 3.05) is 12.0 Å². The third-order valence-electron chi connectivity index (χ3n) is 4.74. The van der Waals surface area contributed by atoms with Crippen LogP contribution in [0.25, 0.3) is 6.08 Å². The largest absolute Gasteiger partial charge is 0.493 e. The van der Waals surface area contributed by atoms with Crippen LogP contribution in [-0.4, -0.2) is 42.1 Å². The molecule has 9 heteroatoms. The van der Waals surface area contributed by atoms with E-state index in [4.69, 9.17) is 9.47 Å². The first-order valence-corrected chi connectivity index (χ1v) is 9.68. The number of nitrogens with one attached hydrogen (secondary N) is 1. The molecule has 0 saturated carbocycles. The number of carbonyl (C=O) groups is 4. The number of para-hydroxylation sites is 1. The molecule has 0 spiro atoms. The summed E-state index contributed by atoms with van der Waals surface area (Å²) in [7, 11) is 1.38. The van der Waals surface area contributed by atoms with Crippen molar-refractivity contribution in [3.63, 3.8) is 0 Å². The second kappa shape index (κ2) is 8.93. The van der Waals surface area contributed by atoms with Crippen LogP contribution in [0.3, 0.4) is 0 Å². The standard InChI is InChI=1S/C23H22N2O7/c1-12-8-13(2)10-16(9-12)25-21(27)17(20(26)24-23(25)30)11-15-6-5-7-18(31-4)19(15)32-14(3)22(28)29/h5-11,14H,1-4H3,(H,28,29)(H,24,26,30)/b17-11+/t14-/m0/s1. The monoisotopic (exact) mass is 438 g/mol. The highest BCUT2D eigenvalue weighted by molar-refractivity contribution is 6.39. The molecule has 1 fully saturated rings. The number of ether oxygens (including phenoxy) is 2. The van der Waals surface area contributed by atoms with E-state index in [0.717, 1.165) is 16.0 Å². The van der Waals surface area contributed by atoms with Gasteiger partial charge in [0.25, 0.3) is 11.8 Å². The van der Waals surface area contributed by atoms with Gasteiger partial charge in [0.15, 0.2) is 17.6 Å². The van der Waals surface area contributed by atoms with Gasteiger partial charge in [0.05, 0.1) is 12.8 Å². The highest BCUT2D eigenvalue weighted by Gasteiger charge is 2.37. The smallest absolute Gasteiger partial charge is 0.344 e. The van der Waals surface area contributed by atoms with Crippen LogP contribution in [-0.2, 0) is 14.4 Å². The topological polar surface area (TPSA) is 122 Å². The van der Waals surface area contributed by atoms with Gasteiger partial charge in [-0.15, -0.1) is 0 Å². The van der Waals surface area contributed by atoms with Crippen molar-refractivity contribution in [1.29, 1.82) is 0 Å². The zero-order chi connectivity index (χ0) is 23.6. The van der Waals surface area contributed by atoms with Gasteiger partial charge in [0.1, 0.15) is 5.57 Å². The zero-order valence-corrected chi connectivity index (χ0v) is 18.0. The number of anilines is 1. The summed E-state index contributed by atoms with van der Waals surface area (Å²) in [5.41, 5.74) is 1.93. The third kappa shape index (κ3) is 4.46. The van der Waals surface area contributed by atoms with Gasteiger partial charge in [0.2, 0.25) is 0 Å². The van der Waals surface area contributed by atoms with Crippen LogP contribution in [0, 0.1) is 13.8 Å². The fourth-order valence-electron chi connectivity index (χ4n) is 3.29. The minimum atomic E-state index is -1.22. The molecule has 0 unspecified atom stereocenters. The molecule has 4 amide bonds. The predicted octanol–water partition coefficient (Wildman–Crippen LogP) is 2.83. The summed E-state index contributed by atoms with van der Waals surface area (Å²) in [6.45, 7) is 4.99. The molecule has 2 N–H and O–H groups in total. The molecule has 0 aromatic heterocycles. The Kier molecular flexibility index (Phi) is 6.29. The van der Waals surface area contributed by atoms with Crippen molar-refractivity contribution in [2.45, 2.75) is 26.9 Å². The summed E-state index contributed by atoms with van der Waals surface area (Å²) >= 11 is 0. The Morgan fingerprint density at radius 1 is 1.12 bits per heavy atom. The van der Waals surface area contributed by atoms with Crippen molar-refractivity contribution in [3.8, 4) is 11.5 Å². The highest BCUT2D eigenvalue weighted by Crippen LogP contribution is 2.34. The van der Waals surface area contributed by atoms with Crippen LogP contribution in [0.15, 0.2) is 42.0 Å². The number of aliphatic carboxylic acids is 1. The van der Waals surface area contributed by atoms with E-state index in [-0.39, 0.29) is 22.6 Å². The fraction of sp³-hybridized carbons (Fsp3) is 0.217. The van der Waals surface area contributed by atoms with Gasteiger partial charge in [-0.25, -0.2) is 14.5 Å². The molecular formula is C23H22N2O7. The number of rotatable bonds is 6. The minimum Gasteiger partial charge on any atom is -0.493 e. The second-order valence-corrected chi connectivity index (χ2v) is 7.28. The normalized spacial score (nSPS) is 16.1. The van der Waals surface area contributed by atoms with E-state index < -0.39 is 29.9 Å². The number of methoxy groups -OCH3 is 1. The molecule has 0 bridgehead atoms. The molecule has 0 radical (unpaired) electrons. The van der Waals surface area contributed by atoms with E-state index in [1.165, 1.54) is 26.2 Å². The number of amides is 4. The number of carbonyl (C=O) groups excluding carboxylic acids is 3. The number of carboxylic acids is 1. The Morgan fingerprint density at radius 3 is 2.38 bits per heavy atom. The molecule has 1 saturated heterocycles. The first-order chi connectivity index (χ1) is 15.1. The number of benzene rings is 2. The van der Waals surface area contributed by atoms with Gasteiger partial charge >= 0.3 is 12.0 Å². The lowest BCUT2D eigenvalue weighted by Crippen LogP contribution is -2.54. The molecule has 1 atom stereocenters. The molecule has 2 aromatic carbocycles. The molecule has 3 rings (SSSR count). The summed E-state index contributed by atoms with van der Waals surface area (Å²) in [4.78, 5) is 50.3. The number of hydrogen-bond donors (Lipinski definition) is 2. The lowest BCUT2D eigenvalue weighted by atomic mass is 10.0. The first-order valence-electron chi connectivity index (χ1n) is 9.68. The average molecular weight is 438 g/mol. The number of nitrogens with zero attached hydrogens (tertiary/aromatic N) is 1. The molecule has 32 heavy (non-hydrogen) atoms. The minimum absolute atomic E-state index is 0.0489. The van der Waals surface area contributed by atoms with Gasteiger partial charge in [-0.2, -0.15) is 0 Å². The molecule has 1 aliphatic heterocycles. The highest BCUT2D eigenvalue weighted by atomic mass is 16.5. The van der Waals surface area contributed by atoms with Crippen molar-refractivity contribution in [2.24, 2.45) is 0 Å². The maximum Gasteiger partial charge on any atom is 0.344 e. The Labute approximate surface area is 184 Å². The quantitative estimate of drug-likeness (QED) is 0.525. The Bertz CT molecular complexity index is 1130. The van der Waals surface area contributed by atoms with E-state index in [1.54, 1.807) is 24.3 Å². The number of barbiturate groups is 1. The molecule has 0 aliphatic carbocycles. The summed E-state index contributed by atoms with van der Waals surface area (Å²) in [6, 6.07) is 9.04. The van der Waals surface area contributed by atoms with Gasteiger partial charge in [0, 0.05) is 5.56 Å². The van der Waals surface area contributed by atoms with Crippen LogP contribution in [0.5, 0.6) is 11.5 Å². The van der Waals surface area contributed by atoms with Crippen LogP contribution in [0.4, 0.5) is 10.5 Å². The third-order valence-corrected chi connectivity index (χ3v) is 4.74. The maximum absolute atomic E-state index is 13.2. The van der Waals surface area contributed by atoms with E-state index >= 15 is 0 Å². The first kappa shape index (κ1) is 22.5. The average Bonchev–Trinajstić information content (AvgIpc) is 2.70. The summed E-state index contributed by atoms with van der Waals surface area (Å²) in [6.07, 6.45) is 0.0271. The molecular weight excluding hydrogens is 416 g/mol. The lowest BCUT2D eigenvalue weighted by molar-refractivity contribution is -0.144. The maximum atomic E-state index is 13.2. The van der Waals surface area contributed by atoms with Crippen LogP contribution < -0.4 is 19.7 Å². The van der Waals surface area contributed by atoms with E-state index in [2.05, 4.69) is 5.32 Å². The molecule has 1 heterocycles. The number of hydrogen-bond acceptors (Lipinski definition) is 6. The van der Waals surface area contributed by atoms with E-state index in [1.807, 2.05) is 19.9 Å². The molecule has 1 aliphatic rings. The Hall–Kier alpha value is -4.14. The van der Waals surface area contributed by atoms with Crippen molar-refractivity contribution in [3.05, 3.63) is 58.7 Å². The Balaban J connectivity index is 2.09. The predicted molar refractivity (Wildman–Crippen MR) is 116 cm³/mol. The lowest BCUT2D eigenvalue weighted by Gasteiger charge is -2.27. The summed E-state index contributed by atoms with van der Waals surface area (Å²) in [5, 5.41) is 11.4. The van der Waals surface area contributed by atoms with Crippen LogP contribution in [0.2, 0.25) is 0 Å².